The van der Waals surface area contributed by atoms with Gasteiger partial charge in [-0.15, -0.1) is 0 Å². The Hall–Kier alpha value is -0.0600. The van der Waals surface area contributed by atoms with Gasteiger partial charge in [0.05, 0.1) is 0 Å². The zero-order valence-electron chi connectivity index (χ0n) is 6.89. The molecular formula is C9H9BrFNS. The maximum absolute atomic E-state index is 13.4. The van der Waals surface area contributed by atoms with Gasteiger partial charge in [-0.25, -0.2) is 4.39 Å². The second-order valence-electron chi connectivity index (χ2n) is 3.08. The summed E-state index contributed by atoms with van der Waals surface area (Å²) in [6.07, 6.45) is 0. The summed E-state index contributed by atoms with van der Waals surface area (Å²) in [7, 11) is 0. The zero-order valence-corrected chi connectivity index (χ0v) is 9.29. The Morgan fingerprint density at radius 1 is 1.54 bits per heavy atom. The van der Waals surface area contributed by atoms with Crippen LogP contribution in [0.15, 0.2) is 16.6 Å². The molecule has 13 heavy (non-hydrogen) atoms. The standard InChI is InChI=1S/C9H9BrFNS/c10-5-1-6-7(8(11)2-5)3-13-4-9(6)12/h1-2,9H,3-4,12H2/t9-/m1/s1. The van der Waals surface area contributed by atoms with Crippen LogP contribution in [0.5, 0.6) is 0 Å². The van der Waals surface area contributed by atoms with Crippen LogP contribution in [0, 0.1) is 5.82 Å². The highest BCUT2D eigenvalue weighted by Crippen LogP contribution is 2.33. The maximum atomic E-state index is 13.4. The molecule has 0 aliphatic carbocycles. The van der Waals surface area contributed by atoms with E-state index in [2.05, 4.69) is 15.9 Å². The Bertz CT molecular complexity index is 343. The van der Waals surface area contributed by atoms with E-state index in [1.165, 1.54) is 6.07 Å². The van der Waals surface area contributed by atoms with E-state index < -0.39 is 0 Å². The van der Waals surface area contributed by atoms with Crippen LogP contribution in [-0.4, -0.2) is 5.75 Å². The van der Waals surface area contributed by atoms with Crippen molar-refractivity contribution in [1.29, 1.82) is 0 Å². The molecule has 1 aliphatic heterocycles. The summed E-state index contributed by atoms with van der Waals surface area (Å²) < 4.78 is 14.2. The molecule has 1 nitrogen and oxygen atoms in total. The molecule has 1 aliphatic rings. The van der Waals surface area contributed by atoms with E-state index in [-0.39, 0.29) is 11.9 Å². The quantitative estimate of drug-likeness (QED) is 0.778. The number of fused-ring (bicyclic) bond motifs is 1. The molecule has 1 aromatic carbocycles. The number of hydrogen-bond acceptors (Lipinski definition) is 2. The van der Waals surface area contributed by atoms with E-state index in [0.29, 0.717) is 0 Å². The minimum absolute atomic E-state index is 0.0271. The Balaban J connectivity index is 2.56. The summed E-state index contributed by atoms with van der Waals surface area (Å²) in [6, 6.07) is 3.39. The van der Waals surface area contributed by atoms with Gasteiger partial charge in [-0.05, 0) is 17.7 Å². The van der Waals surface area contributed by atoms with E-state index in [1.54, 1.807) is 11.8 Å². The third-order valence-electron chi connectivity index (χ3n) is 2.14. The first kappa shape index (κ1) is 9.49. The number of hydrogen-bond donors (Lipinski definition) is 1. The van der Waals surface area contributed by atoms with Gasteiger partial charge in [-0.1, -0.05) is 15.9 Å². The van der Waals surface area contributed by atoms with Crippen LogP contribution in [0.3, 0.4) is 0 Å². The fraction of sp³-hybridized carbons (Fsp3) is 0.333. The molecule has 0 saturated heterocycles. The normalized spacial score (nSPS) is 21.3. The lowest BCUT2D eigenvalue weighted by atomic mass is 10.0. The summed E-state index contributed by atoms with van der Waals surface area (Å²) >= 11 is 4.95. The van der Waals surface area contributed by atoms with Crippen LogP contribution in [0.4, 0.5) is 4.39 Å². The Labute approximate surface area is 89.0 Å². The predicted molar refractivity (Wildman–Crippen MR) is 57.2 cm³/mol. The average Bonchev–Trinajstić information content (AvgIpc) is 2.07. The van der Waals surface area contributed by atoms with Crippen molar-refractivity contribution in [2.75, 3.05) is 5.75 Å². The molecule has 70 valence electrons. The molecule has 1 aromatic rings. The second-order valence-corrected chi connectivity index (χ2v) is 5.02. The van der Waals surface area contributed by atoms with Crippen molar-refractivity contribution in [1.82, 2.24) is 0 Å². The topological polar surface area (TPSA) is 26.0 Å². The third kappa shape index (κ3) is 1.75. The number of rotatable bonds is 0. The van der Waals surface area contributed by atoms with Gasteiger partial charge < -0.3 is 5.73 Å². The molecule has 2 rings (SSSR count). The summed E-state index contributed by atoms with van der Waals surface area (Å²) in [5.41, 5.74) is 7.60. The first-order valence-electron chi connectivity index (χ1n) is 3.99. The molecule has 0 saturated carbocycles. The minimum atomic E-state index is -0.146. The minimum Gasteiger partial charge on any atom is -0.323 e. The Kier molecular flexibility index (Phi) is 2.62. The van der Waals surface area contributed by atoms with Gasteiger partial charge in [0, 0.05) is 27.6 Å². The van der Waals surface area contributed by atoms with Gasteiger partial charge in [0.15, 0.2) is 0 Å². The van der Waals surface area contributed by atoms with Crippen molar-refractivity contribution < 1.29 is 4.39 Å². The van der Waals surface area contributed by atoms with Gasteiger partial charge in [-0.3, -0.25) is 0 Å². The highest BCUT2D eigenvalue weighted by molar-refractivity contribution is 9.10. The molecule has 2 N–H and O–H groups in total. The smallest absolute Gasteiger partial charge is 0.128 e. The van der Waals surface area contributed by atoms with E-state index in [1.807, 2.05) is 6.07 Å². The monoisotopic (exact) mass is 261 g/mol. The first-order valence-corrected chi connectivity index (χ1v) is 5.94. The van der Waals surface area contributed by atoms with Crippen LogP contribution in [0.25, 0.3) is 0 Å². The molecule has 4 heteroatoms. The van der Waals surface area contributed by atoms with Gasteiger partial charge in [-0.2, -0.15) is 11.8 Å². The zero-order chi connectivity index (χ0) is 9.42. The molecule has 0 aromatic heterocycles. The molecule has 0 radical (unpaired) electrons. The fourth-order valence-corrected chi connectivity index (χ4v) is 2.99. The van der Waals surface area contributed by atoms with E-state index >= 15 is 0 Å². The van der Waals surface area contributed by atoms with Crippen LogP contribution < -0.4 is 5.73 Å². The SMILES string of the molecule is N[C@@H]1CSCc2c(F)cc(Br)cc21. The summed E-state index contributed by atoms with van der Waals surface area (Å²) in [6.45, 7) is 0. The van der Waals surface area contributed by atoms with E-state index in [9.17, 15) is 4.39 Å². The Morgan fingerprint density at radius 3 is 3.08 bits per heavy atom. The van der Waals surface area contributed by atoms with E-state index in [4.69, 9.17) is 5.73 Å². The largest absolute Gasteiger partial charge is 0.323 e. The van der Waals surface area contributed by atoms with Gasteiger partial charge in [0.2, 0.25) is 0 Å². The molecule has 0 bridgehead atoms. The number of thioether (sulfide) groups is 1. The van der Waals surface area contributed by atoms with Crippen molar-refractivity contribution in [3.63, 3.8) is 0 Å². The third-order valence-corrected chi connectivity index (χ3v) is 3.68. The lowest BCUT2D eigenvalue weighted by molar-refractivity contribution is 0.607. The summed E-state index contributed by atoms with van der Waals surface area (Å²) in [4.78, 5) is 0. The molecule has 0 amide bonds. The average molecular weight is 262 g/mol. The summed E-state index contributed by atoms with van der Waals surface area (Å²) in [5, 5.41) is 0. The maximum Gasteiger partial charge on any atom is 0.128 e. The van der Waals surface area contributed by atoms with Crippen molar-refractivity contribution in [2.24, 2.45) is 5.73 Å². The predicted octanol–water partition coefficient (Wildman–Crippen LogP) is 2.83. The lowest BCUT2D eigenvalue weighted by Crippen LogP contribution is -2.19. The summed E-state index contributed by atoms with van der Waals surface area (Å²) in [5.74, 6) is 1.47. The highest BCUT2D eigenvalue weighted by Gasteiger charge is 2.20. The second kappa shape index (κ2) is 3.59. The van der Waals surface area contributed by atoms with Crippen molar-refractivity contribution in [3.05, 3.63) is 33.5 Å². The van der Waals surface area contributed by atoms with Crippen molar-refractivity contribution >= 4 is 27.7 Å². The number of halogens is 2. The van der Waals surface area contributed by atoms with E-state index in [0.717, 1.165) is 27.1 Å². The molecule has 0 unspecified atom stereocenters. The van der Waals surface area contributed by atoms with Gasteiger partial charge in [0.25, 0.3) is 0 Å². The molecule has 0 fully saturated rings. The van der Waals surface area contributed by atoms with Gasteiger partial charge in [0.1, 0.15) is 5.82 Å². The van der Waals surface area contributed by atoms with Crippen LogP contribution in [0.2, 0.25) is 0 Å². The highest BCUT2D eigenvalue weighted by atomic mass is 79.9. The lowest BCUT2D eigenvalue weighted by Gasteiger charge is -2.22. The van der Waals surface area contributed by atoms with Crippen molar-refractivity contribution in [2.45, 2.75) is 11.8 Å². The van der Waals surface area contributed by atoms with Crippen LogP contribution >= 0.6 is 27.7 Å². The number of nitrogens with two attached hydrogens (primary N) is 1. The Morgan fingerprint density at radius 2 is 2.31 bits per heavy atom. The fourth-order valence-electron chi connectivity index (χ4n) is 1.48. The van der Waals surface area contributed by atoms with Crippen LogP contribution in [-0.2, 0) is 5.75 Å². The molecular weight excluding hydrogens is 253 g/mol. The first-order chi connectivity index (χ1) is 6.18. The van der Waals surface area contributed by atoms with Gasteiger partial charge >= 0.3 is 0 Å². The van der Waals surface area contributed by atoms with Crippen molar-refractivity contribution in [3.8, 4) is 0 Å². The molecule has 1 atom stereocenters. The molecule has 1 heterocycles. The molecule has 0 spiro atoms. The number of benzene rings is 1. The van der Waals surface area contributed by atoms with Crippen LogP contribution in [0.1, 0.15) is 17.2 Å².